The molecule has 2 rings (SSSR count). The number of aromatic nitrogens is 2. The minimum Gasteiger partial charge on any atom is -0.362 e. The molecule has 0 radical (unpaired) electrons. The quantitative estimate of drug-likeness (QED) is 0.602. The van der Waals surface area contributed by atoms with Crippen LogP contribution in [0.5, 0.6) is 0 Å². The monoisotopic (exact) mass is 135 g/mol. The van der Waals surface area contributed by atoms with Crippen LogP contribution in [0.3, 0.4) is 0 Å². The van der Waals surface area contributed by atoms with E-state index in [4.69, 9.17) is 0 Å². The number of hydrogen-bond donors (Lipinski definition) is 1. The van der Waals surface area contributed by atoms with Crippen molar-refractivity contribution in [2.24, 2.45) is 4.99 Å². The van der Waals surface area contributed by atoms with E-state index in [0.717, 1.165) is 5.39 Å². The van der Waals surface area contributed by atoms with Gasteiger partial charge in [0.05, 0.1) is 5.39 Å². The van der Waals surface area contributed by atoms with Crippen molar-refractivity contribution in [1.82, 2.24) is 10.1 Å². The van der Waals surface area contributed by atoms with Gasteiger partial charge in [0, 0.05) is 0 Å². The molecule has 0 aliphatic heterocycles. The van der Waals surface area contributed by atoms with Crippen LogP contribution in [0.15, 0.2) is 21.8 Å². The summed E-state index contributed by atoms with van der Waals surface area (Å²) in [5, 5.41) is 4.59. The topological polar surface area (TPSA) is 54.2 Å². The average Bonchev–Trinajstić information content (AvgIpc) is 2.42. The summed E-state index contributed by atoms with van der Waals surface area (Å²) in [7, 11) is 0. The minimum atomic E-state index is 0.711. The number of aromatic amines is 1. The Bertz CT molecular complexity index is 331. The Kier molecular flexibility index (Phi) is 0.887. The van der Waals surface area contributed by atoms with Crippen molar-refractivity contribution >= 4 is 23.6 Å². The van der Waals surface area contributed by atoms with Crippen LogP contribution >= 0.6 is 0 Å². The van der Waals surface area contributed by atoms with Crippen LogP contribution in [0.4, 0.5) is 5.82 Å². The van der Waals surface area contributed by atoms with Gasteiger partial charge in [0.2, 0.25) is 0 Å². The molecule has 1 N–H and O–H groups in total. The van der Waals surface area contributed by atoms with Crippen LogP contribution < -0.4 is 0 Å². The molecule has 0 bridgehead atoms. The van der Waals surface area contributed by atoms with E-state index in [0.29, 0.717) is 11.5 Å². The van der Waals surface area contributed by atoms with Gasteiger partial charge in [-0.3, -0.25) is 0 Å². The van der Waals surface area contributed by atoms with Gasteiger partial charge < -0.3 is 9.51 Å². The molecule has 0 unspecified atom stereocenters. The predicted molar refractivity (Wildman–Crippen MR) is 37.6 cm³/mol. The molecular formula is C6H5N3O. The Labute approximate surface area is 56.5 Å². The maximum Gasteiger partial charge on any atom is 0.182 e. The number of aliphatic imine (C=N–C) groups is 1. The molecular weight excluding hydrogens is 130 g/mol. The van der Waals surface area contributed by atoms with Crippen LogP contribution in [0.25, 0.3) is 11.0 Å². The maximum absolute atomic E-state index is 4.66. The largest absolute Gasteiger partial charge is 0.362 e. The molecule has 50 valence electrons. The van der Waals surface area contributed by atoms with E-state index in [1.165, 1.54) is 0 Å². The fourth-order valence-corrected chi connectivity index (χ4v) is 0.832. The third kappa shape index (κ3) is 0.556. The maximum atomic E-state index is 4.66. The molecule has 0 aliphatic carbocycles. The summed E-state index contributed by atoms with van der Waals surface area (Å²) in [5.41, 5.74) is 0.711. The molecule has 0 spiro atoms. The molecule has 2 aromatic rings. The van der Waals surface area contributed by atoms with Gasteiger partial charge in [-0.05, 0) is 12.8 Å². The highest BCUT2D eigenvalue weighted by Gasteiger charge is 2.00. The number of rotatable bonds is 1. The zero-order valence-electron chi connectivity index (χ0n) is 5.16. The molecule has 4 nitrogen and oxygen atoms in total. The van der Waals surface area contributed by atoms with Gasteiger partial charge in [-0.15, -0.1) is 0 Å². The molecule has 2 heterocycles. The van der Waals surface area contributed by atoms with E-state index >= 15 is 0 Å². The molecule has 0 aliphatic rings. The van der Waals surface area contributed by atoms with Gasteiger partial charge in [0.15, 0.2) is 5.65 Å². The highest BCUT2D eigenvalue weighted by molar-refractivity contribution is 5.78. The van der Waals surface area contributed by atoms with Gasteiger partial charge in [0.25, 0.3) is 0 Å². The summed E-state index contributed by atoms with van der Waals surface area (Å²) in [4.78, 5) is 6.58. The van der Waals surface area contributed by atoms with Crippen molar-refractivity contribution in [2.45, 2.75) is 0 Å². The van der Waals surface area contributed by atoms with E-state index in [2.05, 4.69) is 26.4 Å². The number of nitrogens with zero attached hydrogens (tertiary/aromatic N) is 2. The van der Waals surface area contributed by atoms with E-state index in [1.54, 1.807) is 6.26 Å². The molecule has 0 saturated carbocycles. The second-order valence-electron chi connectivity index (χ2n) is 1.93. The van der Waals surface area contributed by atoms with Crippen LogP contribution in [-0.2, 0) is 0 Å². The Morgan fingerprint density at radius 1 is 1.70 bits per heavy atom. The molecule has 0 aromatic carbocycles. The lowest BCUT2D eigenvalue weighted by Gasteiger charge is -1.77. The molecule has 2 aromatic heterocycles. The highest BCUT2D eigenvalue weighted by atomic mass is 16.5. The molecule has 0 amide bonds. The first kappa shape index (κ1) is 5.22. The van der Waals surface area contributed by atoms with Gasteiger partial charge in [-0.2, -0.15) is 0 Å². The number of nitrogens with one attached hydrogen (secondary N) is 1. The van der Waals surface area contributed by atoms with Crippen LogP contribution in [0.1, 0.15) is 0 Å². The molecule has 0 fully saturated rings. The fraction of sp³-hybridized carbons (Fsp3) is 0. The zero-order chi connectivity index (χ0) is 6.97. The zero-order valence-corrected chi connectivity index (χ0v) is 5.16. The summed E-state index contributed by atoms with van der Waals surface area (Å²) in [5.74, 6) is 0.716. The highest BCUT2D eigenvalue weighted by Crippen LogP contribution is 2.18. The standard InChI is InChI=1S/C6H5N3O/c1-7-5-2-4-3-10-9-6(4)8-5/h2-3H,1H2,(H,8,9). The molecule has 4 heteroatoms. The second-order valence-corrected chi connectivity index (χ2v) is 1.93. The van der Waals surface area contributed by atoms with Gasteiger partial charge in [-0.25, -0.2) is 4.99 Å². The smallest absolute Gasteiger partial charge is 0.182 e. The van der Waals surface area contributed by atoms with Crippen LogP contribution in [-0.4, -0.2) is 16.9 Å². The summed E-state index contributed by atoms with van der Waals surface area (Å²) >= 11 is 0. The van der Waals surface area contributed by atoms with Crippen molar-refractivity contribution in [1.29, 1.82) is 0 Å². The number of fused-ring (bicyclic) bond motifs is 1. The number of H-pyrrole nitrogens is 1. The normalized spacial score (nSPS) is 10.4. The van der Waals surface area contributed by atoms with Crippen LogP contribution in [0.2, 0.25) is 0 Å². The Morgan fingerprint density at radius 2 is 2.60 bits per heavy atom. The van der Waals surface area contributed by atoms with Crippen molar-refractivity contribution in [3.05, 3.63) is 12.3 Å². The second kappa shape index (κ2) is 1.70. The van der Waals surface area contributed by atoms with E-state index in [1.807, 2.05) is 6.07 Å². The van der Waals surface area contributed by atoms with E-state index in [9.17, 15) is 0 Å². The summed E-state index contributed by atoms with van der Waals surface area (Å²) in [6.07, 6.45) is 1.56. The molecule has 0 atom stereocenters. The Morgan fingerprint density at radius 3 is 3.30 bits per heavy atom. The van der Waals surface area contributed by atoms with Crippen molar-refractivity contribution in [3.63, 3.8) is 0 Å². The van der Waals surface area contributed by atoms with E-state index < -0.39 is 0 Å². The first-order valence-corrected chi connectivity index (χ1v) is 2.80. The number of hydrogen-bond acceptors (Lipinski definition) is 3. The third-order valence-electron chi connectivity index (χ3n) is 1.31. The lowest BCUT2D eigenvalue weighted by atomic mass is 10.4. The van der Waals surface area contributed by atoms with Crippen molar-refractivity contribution in [3.8, 4) is 0 Å². The minimum absolute atomic E-state index is 0.711. The first-order chi connectivity index (χ1) is 4.90. The Balaban J connectivity index is 2.78. The van der Waals surface area contributed by atoms with Gasteiger partial charge in [-0.1, -0.05) is 5.16 Å². The predicted octanol–water partition coefficient (Wildman–Crippen LogP) is 1.49. The SMILES string of the molecule is C=Nc1cc2conc2[nH]1. The summed E-state index contributed by atoms with van der Waals surface area (Å²) < 4.78 is 4.66. The summed E-state index contributed by atoms with van der Waals surface area (Å²) in [6.45, 7) is 3.37. The van der Waals surface area contributed by atoms with Crippen molar-refractivity contribution < 1.29 is 4.52 Å². The lowest BCUT2D eigenvalue weighted by molar-refractivity contribution is 0.426. The van der Waals surface area contributed by atoms with Crippen molar-refractivity contribution in [2.75, 3.05) is 0 Å². The molecule has 10 heavy (non-hydrogen) atoms. The first-order valence-electron chi connectivity index (χ1n) is 2.80. The average molecular weight is 135 g/mol. The van der Waals surface area contributed by atoms with E-state index in [-0.39, 0.29) is 0 Å². The fourth-order valence-electron chi connectivity index (χ4n) is 0.832. The van der Waals surface area contributed by atoms with Crippen LogP contribution in [0, 0.1) is 0 Å². The lowest BCUT2D eigenvalue weighted by Crippen LogP contribution is -1.62. The molecule has 0 saturated heterocycles. The summed E-state index contributed by atoms with van der Waals surface area (Å²) in [6, 6.07) is 1.82. The van der Waals surface area contributed by atoms with Gasteiger partial charge >= 0.3 is 0 Å². The Hall–Kier alpha value is -1.58. The van der Waals surface area contributed by atoms with Gasteiger partial charge in [0.1, 0.15) is 12.1 Å². The third-order valence-corrected chi connectivity index (χ3v) is 1.31.